The van der Waals surface area contributed by atoms with Crippen LogP contribution in [0.15, 0.2) is 30.5 Å². The van der Waals surface area contributed by atoms with Crippen LogP contribution in [0.2, 0.25) is 10.0 Å². The summed E-state index contributed by atoms with van der Waals surface area (Å²) < 4.78 is 42.3. The van der Waals surface area contributed by atoms with Gasteiger partial charge in [0.15, 0.2) is 11.3 Å². The van der Waals surface area contributed by atoms with Crippen molar-refractivity contribution in [2.45, 2.75) is 63.8 Å². The third-order valence-corrected chi connectivity index (χ3v) is 8.08. The minimum atomic E-state index is -4.21. The molecule has 5 rings (SSSR count). The molecule has 0 amide bonds. The highest BCUT2D eigenvalue weighted by molar-refractivity contribution is 6.35. The zero-order valence-corrected chi connectivity index (χ0v) is 21.8. The minimum Gasteiger partial charge on any atom is -0.289 e. The van der Waals surface area contributed by atoms with E-state index < -0.39 is 12.2 Å². The van der Waals surface area contributed by atoms with Gasteiger partial charge in [-0.25, -0.2) is 14.6 Å². The van der Waals surface area contributed by atoms with Crippen molar-refractivity contribution in [3.05, 3.63) is 57.5 Å². The molecule has 4 atom stereocenters. The number of nitriles is 1. The van der Waals surface area contributed by atoms with Gasteiger partial charge in [0.25, 0.3) is 0 Å². The molecule has 0 unspecified atom stereocenters. The van der Waals surface area contributed by atoms with Gasteiger partial charge in [-0.2, -0.15) is 23.5 Å². The van der Waals surface area contributed by atoms with Crippen LogP contribution in [0.3, 0.4) is 0 Å². The van der Waals surface area contributed by atoms with Crippen LogP contribution in [0.1, 0.15) is 62.5 Å². The van der Waals surface area contributed by atoms with Crippen molar-refractivity contribution < 1.29 is 13.2 Å². The van der Waals surface area contributed by atoms with Gasteiger partial charge < -0.3 is 0 Å². The quantitative estimate of drug-likeness (QED) is 0.357. The predicted octanol–water partition coefficient (Wildman–Crippen LogP) is 6.82. The summed E-state index contributed by atoms with van der Waals surface area (Å²) in [7, 11) is 0. The van der Waals surface area contributed by atoms with E-state index in [-0.39, 0.29) is 30.1 Å². The lowest BCUT2D eigenvalue weighted by atomic mass is 9.83. The van der Waals surface area contributed by atoms with E-state index in [0.29, 0.717) is 52.7 Å². The summed E-state index contributed by atoms with van der Waals surface area (Å²) in [6, 6.07) is 5.39. The van der Waals surface area contributed by atoms with Gasteiger partial charge in [-0.3, -0.25) is 4.90 Å². The van der Waals surface area contributed by atoms with Crippen molar-refractivity contribution in [3.8, 4) is 6.07 Å². The summed E-state index contributed by atoms with van der Waals surface area (Å²) in [5.74, 6) is 0.0202. The molecule has 1 fully saturated rings. The molecular weight excluding hydrogens is 524 g/mol. The van der Waals surface area contributed by atoms with E-state index >= 15 is 0 Å². The number of aromatic nitrogens is 4. The lowest BCUT2D eigenvalue weighted by molar-refractivity contribution is -0.183. The van der Waals surface area contributed by atoms with Crippen molar-refractivity contribution >= 4 is 39.9 Å². The number of likely N-dealkylation sites (tertiary alicyclic amines) is 1. The second-order valence-electron chi connectivity index (χ2n) is 9.83. The van der Waals surface area contributed by atoms with Gasteiger partial charge in [-0.1, -0.05) is 42.3 Å². The van der Waals surface area contributed by atoms with Crippen LogP contribution in [0, 0.1) is 17.2 Å². The van der Waals surface area contributed by atoms with Crippen LogP contribution < -0.4 is 0 Å². The molecule has 1 aliphatic carbocycles. The van der Waals surface area contributed by atoms with E-state index in [9.17, 15) is 18.4 Å². The maximum Gasteiger partial charge on any atom is 0.404 e. The largest absolute Gasteiger partial charge is 0.404 e. The standard InChI is InChI=1S/C26H25Cl2F3N6/c1-14-10-16(5-8-22(14)36-9-3-4-23(36)26(29,30)31)21-13-33-24-20(12-32)35-37(25(24)34-21)15(2)18-7-6-17(27)11-19(18)28/h5-7,11,13-15,22-23H,3-4,8-10H2,1-2H3/t14-,15-,22+,23+/m1/s1. The number of fused-ring (bicyclic) bond motifs is 1. The van der Waals surface area contributed by atoms with Crippen molar-refractivity contribution in [3.63, 3.8) is 0 Å². The SMILES string of the molecule is C[C@@H]1CC(c2cnc3c(C#N)nn([C@H](C)c4ccc(Cl)cc4Cl)c3n2)=CC[C@@H]1N1CCC[C@H]1C(F)(F)F. The Labute approximate surface area is 222 Å². The highest BCUT2D eigenvalue weighted by Crippen LogP contribution is 2.40. The molecule has 0 N–H and O–H groups in total. The van der Waals surface area contributed by atoms with Crippen molar-refractivity contribution in [1.29, 1.82) is 5.26 Å². The molecule has 3 aromatic rings. The van der Waals surface area contributed by atoms with Crippen LogP contribution in [0.5, 0.6) is 0 Å². The number of rotatable bonds is 4. The molecule has 194 valence electrons. The molecule has 37 heavy (non-hydrogen) atoms. The molecule has 11 heteroatoms. The van der Waals surface area contributed by atoms with Crippen LogP contribution >= 0.6 is 23.2 Å². The molecule has 0 saturated carbocycles. The molecule has 2 aromatic heterocycles. The first kappa shape index (κ1) is 26.0. The van der Waals surface area contributed by atoms with Gasteiger partial charge in [0.05, 0.1) is 17.9 Å². The molecule has 0 bridgehead atoms. The van der Waals surface area contributed by atoms with E-state index in [1.165, 1.54) is 0 Å². The van der Waals surface area contributed by atoms with E-state index in [2.05, 4.69) is 16.2 Å². The fraction of sp³-hybridized carbons (Fsp3) is 0.462. The van der Waals surface area contributed by atoms with Gasteiger partial charge >= 0.3 is 6.18 Å². The number of allylic oxidation sites excluding steroid dienone is 1. The molecule has 6 nitrogen and oxygen atoms in total. The number of nitrogens with zero attached hydrogens (tertiary/aromatic N) is 6. The number of halogens is 5. The van der Waals surface area contributed by atoms with Crippen LogP contribution in [-0.2, 0) is 0 Å². The maximum atomic E-state index is 13.6. The molecule has 2 aliphatic rings. The zero-order chi connectivity index (χ0) is 26.5. The lowest BCUT2D eigenvalue weighted by Gasteiger charge is -2.39. The molecule has 0 spiro atoms. The first-order valence-electron chi connectivity index (χ1n) is 12.2. The molecule has 1 saturated heterocycles. The Morgan fingerprint density at radius 2 is 2.03 bits per heavy atom. The molecule has 3 heterocycles. The first-order valence-corrected chi connectivity index (χ1v) is 13.0. The van der Waals surface area contributed by atoms with Gasteiger partial charge in [0.1, 0.15) is 17.6 Å². The molecule has 1 aliphatic heterocycles. The zero-order valence-electron chi connectivity index (χ0n) is 20.3. The Kier molecular flexibility index (Phi) is 6.94. The third-order valence-electron chi connectivity index (χ3n) is 7.52. The first-order chi connectivity index (χ1) is 17.6. The van der Waals surface area contributed by atoms with Gasteiger partial charge in [0, 0.05) is 16.1 Å². The van der Waals surface area contributed by atoms with Crippen molar-refractivity contribution in [1.82, 2.24) is 24.6 Å². The average Bonchev–Trinajstić information content (AvgIpc) is 3.48. The summed E-state index contributed by atoms with van der Waals surface area (Å²) in [5.41, 5.74) is 3.32. The summed E-state index contributed by atoms with van der Waals surface area (Å²) in [4.78, 5) is 11.0. The van der Waals surface area contributed by atoms with E-state index in [0.717, 1.165) is 11.1 Å². The second-order valence-corrected chi connectivity index (χ2v) is 10.7. The van der Waals surface area contributed by atoms with E-state index in [4.69, 9.17) is 28.2 Å². The summed E-state index contributed by atoms with van der Waals surface area (Å²) >= 11 is 12.5. The van der Waals surface area contributed by atoms with Crippen LogP contribution in [-0.4, -0.2) is 49.5 Å². The second kappa shape index (κ2) is 9.90. The lowest BCUT2D eigenvalue weighted by Crippen LogP contribution is -2.49. The highest BCUT2D eigenvalue weighted by Gasteiger charge is 2.49. The molecular formula is C26H25Cl2F3N6. The number of hydrogen-bond donors (Lipinski definition) is 0. The molecule has 1 aromatic carbocycles. The maximum absolute atomic E-state index is 13.6. The Bertz CT molecular complexity index is 1410. The third kappa shape index (κ3) is 4.83. The van der Waals surface area contributed by atoms with Gasteiger partial charge in [-0.15, -0.1) is 0 Å². The number of hydrogen-bond acceptors (Lipinski definition) is 5. The Balaban J connectivity index is 1.48. The van der Waals surface area contributed by atoms with Crippen molar-refractivity contribution in [2.75, 3.05) is 6.54 Å². The highest BCUT2D eigenvalue weighted by atomic mass is 35.5. The summed E-state index contributed by atoms with van der Waals surface area (Å²) in [6.45, 7) is 4.37. The fourth-order valence-electron chi connectivity index (χ4n) is 5.65. The smallest absolute Gasteiger partial charge is 0.289 e. The normalized spacial score (nSPS) is 23.7. The molecule has 0 radical (unpaired) electrons. The van der Waals surface area contributed by atoms with E-state index in [1.54, 1.807) is 27.9 Å². The topological polar surface area (TPSA) is 70.6 Å². The van der Waals surface area contributed by atoms with Crippen LogP contribution in [0.25, 0.3) is 16.7 Å². The Morgan fingerprint density at radius 1 is 1.24 bits per heavy atom. The van der Waals surface area contributed by atoms with Crippen LogP contribution in [0.4, 0.5) is 13.2 Å². The Morgan fingerprint density at radius 3 is 2.70 bits per heavy atom. The minimum absolute atomic E-state index is 0.0202. The van der Waals surface area contributed by atoms with Gasteiger partial charge in [0.2, 0.25) is 0 Å². The predicted molar refractivity (Wildman–Crippen MR) is 136 cm³/mol. The summed E-state index contributed by atoms with van der Waals surface area (Å²) in [5, 5.41) is 15.1. The Hall–Kier alpha value is -2.67. The van der Waals surface area contributed by atoms with Gasteiger partial charge in [-0.05, 0) is 68.3 Å². The van der Waals surface area contributed by atoms with Crippen molar-refractivity contribution in [2.24, 2.45) is 5.92 Å². The van der Waals surface area contributed by atoms with E-state index in [1.807, 2.05) is 26.0 Å². The summed E-state index contributed by atoms with van der Waals surface area (Å²) in [6.07, 6.45) is 1.21. The number of alkyl halides is 3. The monoisotopic (exact) mass is 548 g/mol. The fourth-order valence-corrected chi connectivity index (χ4v) is 6.22. The number of benzene rings is 1. The average molecular weight is 549 g/mol.